The predicted octanol–water partition coefficient (Wildman–Crippen LogP) is 2.08. The van der Waals surface area contributed by atoms with Crippen molar-refractivity contribution in [1.82, 2.24) is 15.1 Å². The van der Waals surface area contributed by atoms with Crippen LogP contribution >= 0.6 is 15.9 Å². The zero-order valence-corrected chi connectivity index (χ0v) is 15.4. The van der Waals surface area contributed by atoms with E-state index in [0.29, 0.717) is 31.5 Å². The molecule has 2 rings (SSSR count). The molecule has 0 unspecified atom stereocenters. The molecule has 1 aromatic heterocycles. The lowest BCUT2D eigenvalue weighted by Crippen LogP contribution is -2.29. The quantitative estimate of drug-likeness (QED) is 0.558. The second kappa shape index (κ2) is 9.14. The zero-order valence-electron chi connectivity index (χ0n) is 13.8. The molecule has 9 heteroatoms. The summed E-state index contributed by atoms with van der Waals surface area (Å²) in [5.41, 5.74) is -0.353. The van der Waals surface area contributed by atoms with Gasteiger partial charge in [0.1, 0.15) is 0 Å². The Kier molecular flexibility index (Phi) is 6.90. The fourth-order valence-corrected chi connectivity index (χ4v) is 2.50. The summed E-state index contributed by atoms with van der Waals surface area (Å²) >= 11 is 3.30. The normalized spacial score (nSPS) is 10.5. The topological polar surface area (TPSA) is 122 Å². The first-order valence-corrected chi connectivity index (χ1v) is 8.77. The molecule has 0 atom stereocenters. The average Bonchev–Trinajstić information content (AvgIpc) is 2.58. The van der Waals surface area contributed by atoms with Crippen LogP contribution in [0.4, 0.5) is 0 Å². The molecule has 0 aliphatic carbocycles. The lowest BCUT2D eigenvalue weighted by molar-refractivity contribution is -0.137. The van der Waals surface area contributed by atoms with Gasteiger partial charge in [-0.05, 0) is 37.1 Å². The van der Waals surface area contributed by atoms with Crippen LogP contribution in [0.2, 0.25) is 0 Å². The van der Waals surface area contributed by atoms with Crippen LogP contribution < -0.4 is 10.9 Å². The summed E-state index contributed by atoms with van der Waals surface area (Å²) in [5, 5.41) is 25.0. The number of carboxylic acids is 1. The third-order valence-corrected chi connectivity index (χ3v) is 4.08. The highest BCUT2D eigenvalue weighted by molar-refractivity contribution is 9.10. The minimum atomic E-state index is -0.849. The number of nitrogens with zero attached hydrogens (tertiary/aromatic N) is 2. The number of unbranched alkanes of at least 4 members (excludes halogenated alkanes) is 2. The summed E-state index contributed by atoms with van der Waals surface area (Å²) in [5.74, 6) is -1.95. The number of hydrogen-bond acceptors (Lipinski definition) is 5. The van der Waals surface area contributed by atoms with Gasteiger partial charge in [0.25, 0.3) is 11.5 Å². The molecule has 0 radical (unpaired) electrons. The van der Waals surface area contributed by atoms with Gasteiger partial charge in [-0.3, -0.25) is 14.4 Å². The Hall–Kier alpha value is -2.68. The van der Waals surface area contributed by atoms with Gasteiger partial charge in [0.2, 0.25) is 0 Å². The summed E-state index contributed by atoms with van der Waals surface area (Å²) in [7, 11) is 0. The van der Waals surface area contributed by atoms with Crippen LogP contribution in [0.25, 0.3) is 5.69 Å². The van der Waals surface area contributed by atoms with E-state index in [1.807, 2.05) is 0 Å². The SMILES string of the molecule is O=C(O)CCCCCNC(=O)c1nn(-c2ccc(Br)cc2)c(=O)cc1O. The van der Waals surface area contributed by atoms with Crippen molar-refractivity contribution >= 4 is 27.8 Å². The summed E-state index contributed by atoms with van der Waals surface area (Å²) in [6.45, 7) is 0.316. The van der Waals surface area contributed by atoms with E-state index in [2.05, 4.69) is 26.3 Å². The lowest BCUT2D eigenvalue weighted by Gasteiger charge is -2.09. The van der Waals surface area contributed by atoms with Crippen molar-refractivity contribution in [2.24, 2.45) is 0 Å². The Morgan fingerprint density at radius 1 is 1.15 bits per heavy atom. The van der Waals surface area contributed by atoms with Gasteiger partial charge in [0, 0.05) is 23.5 Å². The van der Waals surface area contributed by atoms with E-state index in [0.717, 1.165) is 15.2 Å². The van der Waals surface area contributed by atoms with Crippen molar-refractivity contribution in [2.75, 3.05) is 6.54 Å². The molecule has 138 valence electrons. The maximum atomic E-state index is 12.2. The van der Waals surface area contributed by atoms with Crippen LogP contribution in [-0.2, 0) is 4.79 Å². The zero-order chi connectivity index (χ0) is 19.1. The van der Waals surface area contributed by atoms with Gasteiger partial charge in [0.15, 0.2) is 11.4 Å². The smallest absolute Gasteiger partial charge is 0.303 e. The number of aromatic hydroxyl groups is 1. The van der Waals surface area contributed by atoms with Crippen molar-refractivity contribution in [3.8, 4) is 11.4 Å². The molecular weight excluding hydrogens is 406 g/mol. The Balaban J connectivity index is 2.05. The monoisotopic (exact) mass is 423 g/mol. The van der Waals surface area contributed by atoms with Gasteiger partial charge in [-0.15, -0.1) is 0 Å². The Morgan fingerprint density at radius 2 is 1.85 bits per heavy atom. The van der Waals surface area contributed by atoms with Gasteiger partial charge in [-0.2, -0.15) is 9.78 Å². The van der Waals surface area contributed by atoms with Crippen LogP contribution in [-0.4, -0.2) is 38.4 Å². The Bertz CT molecular complexity index is 848. The molecule has 1 amide bonds. The van der Waals surface area contributed by atoms with Crippen LogP contribution in [0, 0.1) is 0 Å². The van der Waals surface area contributed by atoms with Crippen molar-refractivity contribution < 1.29 is 19.8 Å². The van der Waals surface area contributed by atoms with Gasteiger partial charge in [-0.25, -0.2) is 0 Å². The molecule has 0 saturated heterocycles. The predicted molar refractivity (Wildman–Crippen MR) is 97.6 cm³/mol. The Morgan fingerprint density at radius 3 is 2.50 bits per heavy atom. The van der Waals surface area contributed by atoms with Gasteiger partial charge in [-0.1, -0.05) is 22.4 Å². The largest absolute Gasteiger partial charge is 0.505 e. The fraction of sp³-hybridized carbons (Fsp3) is 0.294. The number of carbonyl (C=O) groups is 2. The van der Waals surface area contributed by atoms with E-state index in [9.17, 15) is 19.5 Å². The summed E-state index contributed by atoms with van der Waals surface area (Å²) in [6.07, 6.45) is 1.88. The third kappa shape index (κ3) is 5.41. The van der Waals surface area contributed by atoms with E-state index >= 15 is 0 Å². The van der Waals surface area contributed by atoms with Crippen LogP contribution in [0.3, 0.4) is 0 Å². The minimum Gasteiger partial charge on any atom is -0.505 e. The highest BCUT2D eigenvalue weighted by Gasteiger charge is 2.16. The molecule has 0 fully saturated rings. The number of carboxylic acid groups (broad SMARTS) is 1. The molecule has 0 saturated carbocycles. The fourth-order valence-electron chi connectivity index (χ4n) is 2.24. The average molecular weight is 424 g/mol. The number of nitrogens with one attached hydrogen (secondary N) is 1. The van der Waals surface area contributed by atoms with Crippen molar-refractivity contribution in [3.05, 3.63) is 50.9 Å². The van der Waals surface area contributed by atoms with Crippen molar-refractivity contribution in [2.45, 2.75) is 25.7 Å². The first kappa shape index (κ1) is 19.6. The Labute approximate surface area is 157 Å². The van der Waals surface area contributed by atoms with Crippen LogP contribution in [0.1, 0.15) is 36.2 Å². The highest BCUT2D eigenvalue weighted by atomic mass is 79.9. The molecule has 0 bridgehead atoms. The maximum Gasteiger partial charge on any atom is 0.303 e. The second-order valence-electron chi connectivity index (χ2n) is 5.56. The number of aliphatic carboxylic acids is 1. The van der Waals surface area contributed by atoms with E-state index < -0.39 is 23.2 Å². The van der Waals surface area contributed by atoms with E-state index in [4.69, 9.17) is 5.11 Å². The first-order valence-electron chi connectivity index (χ1n) is 7.98. The van der Waals surface area contributed by atoms with Crippen LogP contribution in [0.5, 0.6) is 5.75 Å². The first-order chi connectivity index (χ1) is 12.4. The molecule has 1 aromatic carbocycles. The van der Waals surface area contributed by atoms with Gasteiger partial charge in [0.05, 0.1) is 5.69 Å². The summed E-state index contributed by atoms with van der Waals surface area (Å²) < 4.78 is 1.86. The van der Waals surface area contributed by atoms with Gasteiger partial charge >= 0.3 is 5.97 Å². The molecule has 0 aliphatic rings. The maximum absolute atomic E-state index is 12.2. The minimum absolute atomic E-state index is 0.0917. The van der Waals surface area contributed by atoms with E-state index in [-0.39, 0.29) is 12.1 Å². The summed E-state index contributed by atoms with van der Waals surface area (Å²) in [4.78, 5) is 34.7. The third-order valence-electron chi connectivity index (χ3n) is 3.55. The van der Waals surface area contributed by atoms with Crippen molar-refractivity contribution in [1.29, 1.82) is 0 Å². The van der Waals surface area contributed by atoms with Crippen molar-refractivity contribution in [3.63, 3.8) is 0 Å². The second-order valence-corrected chi connectivity index (χ2v) is 6.48. The van der Waals surface area contributed by atoms with Gasteiger partial charge < -0.3 is 15.5 Å². The standard InChI is InChI=1S/C17H18BrN3O5/c18-11-5-7-12(8-6-11)21-14(23)10-13(22)16(20-21)17(26)19-9-3-1-2-4-15(24)25/h5-8,10,22H,1-4,9H2,(H,19,26)(H,24,25). The van der Waals surface area contributed by atoms with E-state index in [1.54, 1.807) is 24.3 Å². The molecule has 26 heavy (non-hydrogen) atoms. The molecule has 1 heterocycles. The number of benzene rings is 1. The number of hydrogen-bond donors (Lipinski definition) is 3. The number of carbonyl (C=O) groups excluding carboxylic acids is 1. The number of amides is 1. The highest BCUT2D eigenvalue weighted by Crippen LogP contribution is 2.15. The number of halogens is 1. The lowest BCUT2D eigenvalue weighted by atomic mass is 10.2. The molecule has 0 aliphatic heterocycles. The molecular formula is C17H18BrN3O5. The molecule has 3 N–H and O–H groups in total. The number of rotatable bonds is 8. The molecule has 2 aromatic rings. The van der Waals surface area contributed by atoms with E-state index in [1.165, 1.54) is 0 Å². The number of aromatic nitrogens is 2. The molecule has 0 spiro atoms. The molecule has 8 nitrogen and oxygen atoms in total. The summed E-state index contributed by atoms with van der Waals surface area (Å²) in [6, 6.07) is 7.70. The van der Waals surface area contributed by atoms with Crippen LogP contribution in [0.15, 0.2) is 39.6 Å².